The molecule has 0 aromatic heterocycles. The molecule has 162 valence electrons. The molecular formula is C22H35N3O4. The number of benzene rings is 1. The van der Waals surface area contributed by atoms with Crippen LogP contribution in [0.3, 0.4) is 0 Å². The molecule has 7 nitrogen and oxygen atoms in total. The minimum Gasteiger partial charge on any atom is -0.487 e. The van der Waals surface area contributed by atoms with Crippen molar-refractivity contribution in [1.29, 1.82) is 0 Å². The lowest BCUT2D eigenvalue weighted by atomic mass is 9.78. The third-order valence-electron chi connectivity index (χ3n) is 5.33. The molecule has 1 aliphatic rings. The van der Waals surface area contributed by atoms with Gasteiger partial charge >= 0.3 is 5.69 Å². The Bertz CT molecular complexity index is 730. The topological polar surface area (TPSA) is 84.7 Å². The normalized spacial score (nSPS) is 18.3. The zero-order valence-electron chi connectivity index (χ0n) is 18.6. The first-order valence-corrected chi connectivity index (χ1v) is 10.5. The lowest BCUT2D eigenvalue weighted by Crippen LogP contribution is -2.62. The number of nitrogens with zero attached hydrogens (tertiary/aromatic N) is 2. The van der Waals surface area contributed by atoms with Crippen LogP contribution in [0.25, 0.3) is 0 Å². The van der Waals surface area contributed by atoms with Gasteiger partial charge < -0.3 is 15.0 Å². The third kappa shape index (κ3) is 5.92. The van der Waals surface area contributed by atoms with E-state index in [0.717, 1.165) is 25.7 Å². The summed E-state index contributed by atoms with van der Waals surface area (Å²) in [6.07, 6.45) is 3.55. The first-order chi connectivity index (χ1) is 13.5. The maximum Gasteiger partial charge on any atom is 0.311 e. The van der Waals surface area contributed by atoms with E-state index in [-0.39, 0.29) is 34.5 Å². The minimum atomic E-state index is -0.491. The number of ether oxygens (including phenoxy) is 1. The summed E-state index contributed by atoms with van der Waals surface area (Å²) >= 11 is 0. The second kappa shape index (κ2) is 9.11. The second-order valence-corrected chi connectivity index (χ2v) is 9.18. The summed E-state index contributed by atoms with van der Waals surface area (Å²) in [6, 6.07) is 4.59. The average molecular weight is 406 g/mol. The number of hydrogen-bond donors (Lipinski definition) is 1. The predicted octanol–water partition coefficient (Wildman–Crippen LogP) is 4.55. The molecule has 2 rings (SSSR count). The summed E-state index contributed by atoms with van der Waals surface area (Å²) in [6.45, 7) is 13.5. The number of nitro groups is 1. The summed E-state index contributed by atoms with van der Waals surface area (Å²) in [5, 5.41) is 15.1. The highest BCUT2D eigenvalue weighted by atomic mass is 16.6. The molecule has 0 atom stereocenters. The Labute approximate surface area is 174 Å². The second-order valence-electron chi connectivity index (χ2n) is 9.18. The Kier molecular flexibility index (Phi) is 7.27. The first-order valence-electron chi connectivity index (χ1n) is 10.5. The number of carbonyl (C=O) groups excluding carboxylic acids is 1. The summed E-state index contributed by atoms with van der Waals surface area (Å²) in [5.41, 5.74) is -0.0197. The molecular weight excluding hydrogens is 370 g/mol. The smallest absolute Gasteiger partial charge is 0.311 e. The number of nitro benzene ring substituents is 1. The zero-order chi connectivity index (χ0) is 21.8. The van der Waals surface area contributed by atoms with Crippen molar-refractivity contribution in [3.05, 3.63) is 33.9 Å². The van der Waals surface area contributed by atoms with E-state index in [1.807, 2.05) is 4.90 Å². The van der Waals surface area contributed by atoms with Crippen LogP contribution in [0.1, 0.15) is 77.6 Å². The molecule has 1 N–H and O–H groups in total. The van der Waals surface area contributed by atoms with Crippen molar-refractivity contribution in [1.82, 2.24) is 10.2 Å². The number of amides is 1. The maximum absolute atomic E-state index is 13.5. The molecule has 0 saturated carbocycles. The van der Waals surface area contributed by atoms with Gasteiger partial charge in [-0.25, -0.2) is 0 Å². The molecule has 1 aliphatic heterocycles. The molecule has 0 bridgehead atoms. The molecule has 29 heavy (non-hydrogen) atoms. The molecule has 1 aromatic rings. The van der Waals surface area contributed by atoms with Gasteiger partial charge in [-0.2, -0.15) is 0 Å². The van der Waals surface area contributed by atoms with Crippen LogP contribution in [-0.4, -0.2) is 46.0 Å². The van der Waals surface area contributed by atoms with Crippen molar-refractivity contribution in [2.24, 2.45) is 0 Å². The summed E-state index contributed by atoms with van der Waals surface area (Å²) in [7, 11) is 0. The number of nitrogens with one attached hydrogen (secondary N) is 1. The fourth-order valence-electron chi connectivity index (χ4n) is 4.50. The van der Waals surface area contributed by atoms with E-state index in [1.165, 1.54) is 12.1 Å². The molecule has 0 spiro atoms. The SMILES string of the molecule is CCCCN(C(=O)c1ccc(OCC)c([N+](=O)[O-])c1)C1CC(C)(C)NC(C)(C)C1. The molecule has 1 heterocycles. The van der Waals surface area contributed by atoms with Crippen molar-refractivity contribution in [3.63, 3.8) is 0 Å². The van der Waals surface area contributed by atoms with Crippen LogP contribution in [0.5, 0.6) is 5.75 Å². The predicted molar refractivity (Wildman–Crippen MR) is 115 cm³/mol. The van der Waals surface area contributed by atoms with Gasteiger partial charge in [0.1, 0.15) is 0 Å². The van der Waals surface area contributed by atoms with E-state index in [4.69, 9.17) is 4.74 Å². The van der Waals surface area contributed by atoms with E-state index in [1.54, 1.807) is 13.0 Å². The zero-order valence-corrected chi connectivity index (χ0v) is 18.6. The number of unbranched alkanes of at least 4 members (excludes halogenated alkanes) is 1. The fraction of sp³-hybridized carbons (Fsp3) is 0.682. The van der Waals surface area contributed by atoms with Crippen LogP contribution in [0.2, 0.25) is 0 Å². The lowest BCUT2D eigenvalue weighted by molar-refractivity contribution is -0.385. The summed E-state index contributed by atoms with van der Waals surface area (Å²) in [4.78, 5) is 26.4. The Morgan fingerprint density at radius 1 is 1.24 bits per heavy atom. The number of carbonyl (C=O) groups is 1. The molecule has 1 fully saturated rings. The molecule has 1 aromatic carbocycles. The monoisotopic (exact) mass is 405 g/mol. The van der Waals surface area contributed by atoms with Crippen LogP contribution >= 0.6 is 0 Å². The third-order valence-corrected chi connectivity index (χ3v) is 5.33. The largest absolute Gasteiger partial charge is 0.487 e. The highest BCUT2D eigenvalue weighted by Gasteiger charge is 2.41. The van der Waals surface area contributed by atoms with Crippen LogP contribution in [0.4, 0.5) is 5.69 Å². The Hall–Kier alpha value is -2.15. The van der Waals surface area contributed by atoms with E-state index in [2.05, 4.69) is 39.9 Å². The Morgan fingerprint density at radius 3 is 2.38 bits per heavy atom. The van der Waals surface area contributed by atoms with Crippen molar-refractivity contribution < 1.29 is 14.5 Å². The number of hydrogen-bond acceptors (Lipinski definition) is 5. The minimum absolute atomic E-state index is 0.0749. The van der Waals surface area contributed by atoms with Crippen molar-refractivity contribution in [2.75, 3.05) is 13.2 Å². The number of rotatable bonds is 8. The molecule has 0 unspecified atom stereocenters. The van der Waals surface area contributed by atoms with Gasteiger partial charge in [-0.05, 0) is 66.0 Å². The van der Waals surface area contributed by atoms with E-state index in [9.17, 15) is 14.9 Å². The van der Waals surface area contributed by atoms with Crippen LogP contribution in [-0.2, 0) is 0 Å². The molecule has 0 aliphatic carbocycles. The maximum atomic E-state index is 13.5. The molecule has 1 saturated heterocycles. The summed E-state index contributed by atoms with van der Waals surface area (Å²) < 4.78 is 5.35. The van der Waals surface area contributed by atoms with Gasteiger partial charge in [-0.1, -0.05) is 13.3 Å². The standard InChI is InChI=1S/C22H35N3O4/c1-7-9-12-24(17-14-21(3,4)23-22(5,6)15-17)20(26)16-10-11-19(29-8-2)18(13-16)25(27)28/h10-11,13,17,23H,7-9,12,14-15H2,1-6H3. The fourth-order valence-corrected chi connectivity index (χ4v) is 4.50. The van der Waals surface area contributed by atoms with Gasteiger partial charge in [0.05, 0.1) is 11.5 Å². The lowest BCUT2D eigenvalue weighted by Gasteiger charge is -2.49. The quantitative estimate of drug-likeness (QED) is 0.507. The van der Waals surface area contributed by atoms with E-state index < -0.39 is 4.92 Å². The van der Waals surface area contributed by atoms with E-state index in [0.29, 0.717) is 18.7 Å². The average Bonchev–Trinajstić information content (AvgIpc) is 2.59. The summed E-state index contributed by atoms with van der Waals surface area (Å²) in [5.74, 6) is 0.0430. The van der Waals surface area contributed by atoms with Gasteiger partial charge in [-0.15, -0.1) is 0 Å². The van der Waals surface area contributed by atoms with Gasteiger partial charge in [-0.3, -0.25) is 14.9 Å². The number of piperidine rings is 1. The van der Waals surface area contributed by atoms with E-state index >= 15 is 0 Å². The van der Waals surface area contributed by atoms with Crippen LogP contribution in [0, 0.1) is 10.1 Å². The van der Waals surface area contributed by atoms with Gasteiger partial charge in [0.2, 0.25) is 0 Å². The Morgan fingerprint density at radius 2 is 1.86 bits per heavy atom. The van der Waals surface area contributed by atoms with Crippen LogP contribution in [0.15, 0.2) is 18.2 Å². The highest BCUT2D eigenvalue weighted by molar-refractivity contribution is 5.95. The molecule has 7 heteroatoms. The van der Waals surface area contributed by atoms with Crippen molar-refractivity contribution in [3.8, 4) is 5.75 Å². The molecule has 0 radical (unpaired) electrons. The van der Waals surface area contributed by atoms with Crippen LogP contribution < -0.4 is 10.1 Å². The van der Waals surface area contributed by atoms with Gasteiger partial charge in [0, 0.05) is 35.3 Å². The highest BCUT2D eigenvalue weighted by Crippen LogP contribution is 2.34. The van der Waals surface area contributed by atoms with Gasteiger partial charge in [0.15, 0.2) is 5.75 Å². The molecule has 1 amide bonds. The van der Waals surface area contributed by atoms with Crippen molar-refractivity contribution in [2.45, 2.75) is 84.3 Å². The van der Waals surface area contributed by atoms with Gasteiger partial charge in [0.25, 0.3) is 5.91 Å². The Balaban J connectivity index is 2.38. The first kappa shape index (κ1) is 23.1. The van der Waals surface area contributed by atoms with Crippen molar-refractivity contribution >= 4 is 11.6 Å².